The molecule has 1 aliphatic rings. The van der Waals surface area contributed by atoms with Crippen LogP contribution in [0.25, 0.3) is 0 Å². The van der Waals surface area contributed by atoms with Gasteiger partial charge >= 0.3 is 0 Å². The maximum atomic E-state index is 10.6. The summed E-state index contributed by atoms with van der Waals surface area (Å²) in [7, 11) is 0. The summed E-state index contributed by atoms with van der Waals surface area (Å²) in [4.78, 5) is 15.3. The summed E-state index contributed by atoms with van der Waals surface area (Å²) >= 11 is 0. The fourth-order valence-corrected chi connectivity index (χ4v) is 1.82. The molecule has 0 aromatic heterocycles. The Balaban J connectivity index is 2.09. The van der Waals surface area contributed by atoms with Crippen LogP contribution in [0.3, 0.4) is 0 Å². The van der Waals surface area contributed by atoms with Gasteiger partial charge in [-0.1, -0.05) is 0 Å². The van der Waals surface area contributed by atoms with Crippen LogP contribution in [0.4, 0.5) is 0 Å². The molecule has 0 spiro atoms. The molecule has 1 fully saturated rings. The summed E-state index contributed by atoms with van der Waals surface area (Å²) in [5.41, 5.74) is 10.6. The highest BCUT2D eigenvalue weighted by Gasteiger charge is 2.16. The van der Waals surface area contributed by atoms with E-state index in [1.165, 1.54) is 0 Å². The average Bonchev–Trinajstić information content (AvgIpc) is 2.25. The Hall–Kier alpha value is -0.650. The molecule has 0 aromatic carbocycles. The van der Waals surface area contributed by atoms with E-state index in [0.29, 0.717) is 6.42 Å². The molecule has 0 bridgehead atoms. The van der Waals surface area contributed by atoms with Crippen LogP contribution in [0.15, 0.2) is 0 Å². The van der Waals surface area contributed by atoms with Gasteiger partial charge in [0.2, 0.25) is 5.91 Å². The van der Waals surface area contributed by atoms with Crippen LogP contribution in [0.2, 0.25) is 0 Å². The first kappa shape index (κ1) is 12.4. The average molecular weight is 214 g/mol. The van der Waals surface area contributed by atoms with Gasteiger partial charge in [0.25, 0.3) is 0 Å². The molecule has 15 heavy (non-hydrogen) atoms. The van der Waals surface area contributed by atoms with Gasteiger partial charge in [-0.2, -0.15) is 0 Å². The fraction of sp³-hybridized carbons (Fsp3) is 0.900. The van der Waals surface area contributed by atoms with Crippen LogP contribution >= 0.6 is 0 Å². The molecular weight excluding hydrogens is 192 g/mol. The third kappa shape index (κ3) is 5.11. The van der Waals surface area contributed by atoms with E-state index >= 15 is 0 Å². The van der Waals surface area contributed by atoms with Gasteiger partial charge in [0, 0.05) is 39.1 Å². The normalized spacial score (nSPS) is 19.3. The van der Waals surface area contributed by atoms with Crippen molar-refractivity contribution in [3.05, 3.63) is 0 Å². The monoisotopic (exact) mass is 214 g/mol. The van der Waals surface area contributed by atoms with Crippen molar-refractivity contribution >= 4 is 5.91 Å². The number of nitrogens with zero attached hydrogens (tertiary/aromatic N) is 2. The number of nitrogens with two attached hydrogens (primary N) is 2. The third-order valence-electron chi connectivity index (χ3n) is 2.82. The van der Waals surface area contributed by atoms with Crippen LogP contribution in [0, 0.1) is 0 Å². The fourth-order valence-electron chi connectivity index (χ4n) is 1.82. The Morgan fingerprint density at radius 3 is 2.07 bits per heavy atom. The van der Waals surface area contributed by atoms with Gasteiger partial charge in [0.1, 0.15) is 0 Å². The van der Waals surface area contributed by atoms with E-state index in [-0.39, 0.29) is 5.91 Å². The minimum Gasteiger partial charge on any atom is -0.370 e. The summed E-state index contributed by atoms with van der Waals surface area (Å²) in [6.07, 6.45) is 1.55. The van der Waals surface area contributed by atoms with Gasteiger partial charge in [-0.25, -0.2) is 0 Å². The number of carbonyl (C=O) groups is 1. The highest BCUT2D eigenvalue weighted by Crippen LogP contribution is 2.02. The molecule has 5 heteroatoms. The van der Waals surface area contributed by atoms with Gasteiger partial charge < -0.3 is 21.3 Å². The van der Waals surface area contributed by atoms with E-state index in [4.69, 9.17) is 11.5 Å². The molecule has 1 aliphatic heterocycles. The van der Waals surface area contributed by atoms with E-state index in [9.17, 15) is 4.79 Å². The zero-order chi connectivity index (χ0) is 11.1. The lowest BCUT2D eigenvalue weighted by Gasteiger charge is -2.34. The predicted molar refractivity (Wildman–Crippen MR) is 60.4 cm³/mol. The summed E-state index contributed by atoms with van der Waals surface area (Å²) in [5.74, 6) is -0.208. The minimum absolute atomic E-state index is 0.208. The zero-order valence-electron chi connectivity index (χ0n) is 9.32. The predicted octanol–water partition coefficient (Wildman–Crippen LogP) is -1.17. The molecule has 0 aliphatic carbocycles. The van der Waals surface area contributed by atoms with Crippen molar-refractivity contribution in [2.75, 3.05) is 45.8 Å². The third-order valence-corrected chi connectivity index (χ3v) is 2.82. The molecular formula is C10H22N4O. The Labute approximate surface area is 91.4 Å². The maximum absolute atomic E-state index is 10.6. The first-order valence-electron chi connectivity index (χ1n) is 5.65. The first-order valence-corrected chi connectivity index (χ1v) is 5.65. The lowest BCUT2D eigenvalue weighted by Crippen LogP contribution is -2.47. The second-order valence-corrected chi connectivity index (χ2v) is 4.04. The first-order chi connectivity index (χ1) is 7.22. The molecule has 0 saturated carbocycles. The number of rotatable bonds is 6. The van der Waals surface area contributed by atoms with E-state index in [2.05, 4.69) is 9.80 Å². The number of piperazine rings is 1. The molecule has 0 aromatic rings. The Morgan fingerprint density at radius 1 is 1.07 bits per heavy atom. The van der Waals surface area contributed by atoms with Gasteiger partial charge in [0.05, 0.1) is 0 Å². The number of hydrogen-bond donors (Lipinski definition) is 2. The quantitative estimate of drug-likeness (QED) is 0.584. The SMILES string of the molecule is NCCCN1CCN(CCC(N)=O)CC1. The molecule has 0 radical (unpaired) electrons. The van der Waals surface area contributed by atoms with Crippen LogP contribution in [0.5, 0.6) is 0 Å². The molecule has 5 nitrogen and oxygen atoms in total. The molecule has 1 amide bonds. The molecule has 1 heterocycles. The number of carbonyl (C=O) groups excluding carboxylic acids is 1. The Kier molecular flexibility index (Phi) is 5.60. The smallest absolute Gasteiger partial charge is 0.218 e. The van der Waals surface area contributed by atoms with Gasteiger partial charge in [-0.05, 0) is 19.5 Å². The van der Waals surface area contributed by atoms with E-state index < -0.39 is 0 Å². The van der Waals surface area contributed by atoms with Crippen molar-refractivity contribution in [2.24, 2.45) is 11.5 Å². The van der Waals surface area contributed by atoms with Crippen molar-refractivity contribution < 1.29 is 4.79 Å². The Bertz CT molecular complexity index is 190. The molecule has 4 N–H and O–H groups in total. The highest BCUT2D eigenvalue weighted by molar-refractivity contribution is 5.73. The second kappa shape index (κ2) is 6.76. The van der Waals surface area contributed by atoms with Crippen LogP contribution in [0.1, 0.15) is 12.8 Å². The maximum Gasteiger partial charge on any atom is 0.218 e. The molecule has 0 unspecified atom stereocenters. The van der Waals surface area contributed by atoms with Crippen LogP contribution in [-0.2, 0) is 4.79 Å². The van der Waals surface area contributed by atoms with Crippen molar-refractivity contribution in [3.8, 4) is 0 Å². The van der Waals surface area contributed by atoms with Gasteiger partial charge in [-0.3, -0.25) is 4.79 Å². The van der Waals surface area contributed by atoms with Crippen molar-refractivity contribution in [1.29, 1.82) is 0 Å². The summed E-state index contributed by atoms with van der Waals surface area (Å²) in [6, 6.07) is 0. The molecule has 1 rings (SSSR count). The lowest BCUT2D eigenvalue weighted by atomic mass is 10.2. The standard InChI is InChI=1S/C10H22N4O/c11-3-1-4-13-6-8-14(9-7-13)5-2-10(12)15/h1-9,11H2,(H2,12,15). The molecule has 88 valence electrons. The summed E-state index contributed by atoms with van der Waals surface area (Å²) in [6.45, 7) is 6.91. The largest absolute Gasteiger partial charge is 0.370 e. The Morgan fingerprint density at radius 2 is 1.60 bits per heavy atom. The van der Waals surface area contributed by atoms with Crippen LogP contribution < -0.4 is 11.5 Å². The molecule has 0 atom stereocenters. The van der Waals surface area contributed by atoms with Crippen molar-refractivity contribution in [1.82, 2.24) is 9.80 Å². The van der Waals surface area contributed by atoms with E-state index in [1.54, 1.807) is 0 Å². The molecule has 1 saturated heterocycles. The van der Waals surface area contributed by atoms with E-state index in [1.807, 2.05) is 0 Å². The summed E-state index contributed by atoms with van der Waals surface area (Å²) < 4.78 is 0. The van der Waals surface area contributed by atoms with E-state index in [0.717, 1.165) is 52.2 Å². The van der Waals surface area contributed by atoms with Gasteiger partial charge in [0.15, 0.2) is 0 Å². The lowest BCUT2D eigenvalue weighted by molar-refractivity contribution is -0.118. The highest BCUT2D eigenvalue weighted by atomic mass is 16.1. The number of hydrogen-bond acceptors (Lipinski definition) is 4. The van der Waals surface area contributed by atoms with Crippen LogP contribution in [-0.4, -0.2) is 61.5 Å². The second-order valence-electron chi connectivity index (χ2n) is 4.04. The number of primary amides is 1. The van der Waals surface area contributed by atoms with Crippen molar-refractivity contribution in [2.45, 2.75) is 12.8 Å². The minimum atomic E-state index is -0.208. The van der Waals surface area contributed by atoms with Gasteiger partial charge in [-0.15, -0.1) is 0 Å². The van der Waals surface area contributed by atoms with Crippen molar-refractivity contribution in [3.63, 3.8) is 0 Å². The zero-order valence-corrected chi connectivity index (χ0v) is 9.32. The topological polar surface area (TPSA) is 75.6 Å². The summed E-state index contributed by atoms with van der Waals surface area (Å²) in [5, 5.41) is 0. The number of amides is 1.